The summed E-state index contributed by atoms with van der Waals surface area (Å²) in [4.78, 5) is 18.3. The Labute approximate surface area is 149 Å². The van der Waals surface area contributed by atoms with E-state index in [1.165, 1.54) is 12.1 Å². The summed E-state index contributed by atoms with van der Waals surface area (Å²) in [6.45, 7) is 0.728. The van der Waals surface area contributed by atoms with Gasteiger partial charge in [-0.15, -0.1) is 0 Å². The zero-order valence-electron chi connectivity index (χ0n) is 13.6. The van der Waals surface area contributed by atoms with Gasteiger partial charge in [-0.3, -0.25) is 4.79 Å². The molecule has 2 aromatic carbocycles. The number of halogens is 2. The van der Waals surface area contributed by atoms with Crippen LogP contribution in [0.3, 0.4) is 0 Å². The maximum absolute atomic E-state index is 12.8. The molecule has 3 rings (SSSR count). The molecule has 0 saturated heterocycles. The number of benzene rings is 2. The maximum atomic E-state index is 12.8. The third-order valence-electron chi connectivity index (χ3n) is 3.76. The van der Waals surface area contributed by atoms with Crippen LogP contribution in [0.1, 0.15) is 10.4 Å². The van der Waals surface area contributed by atoms with Crippen LogP contribution in [0.5, 0.6) is 5.75 Å². The van der Waals surface area contributed by atoms with Gasteiger partial charge in [0, 0.05) is 18.0 Å². The molecule has 0 saturated carbocycles. The van der Waals surface area contributed by atoms with E-state index in [1.54, 1.807) is 48.3 Å². The summed E-state index contributed by atoms with van der Waals surface area (Å²) >= 11 is 5.87. The molecule has 1 heterocycles. The fraction of sp³-hybridized carbons (Fsp3) is 0.158. The smallest absolute Gasteiger partial charge is 0.253 e. The minimum atomic E-state index is -0.313. The van der Waals surface area contributed by atoms with Crippen LogP contribution >= 0.6 is 11.6 Å². The van der Waals surface area contributed by atoms with E-state index < -0.39 is 0 Å². The number of carbonyl (C=O) groups is 1. The van der Waals surface area contributed by atoms with E-state index in [-0.39, 0.29) is 11.7 Å². The molecule has 4 nitrogen and oxygen atoms in total. The lowest BCUT2D eigenvalue weighted by molar-refractivity contribution is 0.0774. The highest BCUT2D eigenvalue weighted by molar-refractivity contribution is 6.29. The Bertz CT molecular complexity index is 900. The van der Waals surface area contributed by atoms with Gasteiger partial charge in [0.15, 0.2) is 0 Å². The zero-order chi connectivity index (χ0) is 17.8. The van der Waals surface area contributed by atoms with Gasteiger partial charge < -0.3 is 9.64 Å². The van der Waals surface area contributed by atoms with Gasteiger partial charge in [-0.05, 0) is 54.6 Å². The van der Waals surface area contributed by atoms with Crippen molar-refractivity contribution < 1.29 is 13.9 Å². The zero-order valence-corrected chi connectivity index (χ0v) is 14.3. The monoisotopic (exact) mass is 358 g/mol. The van der Waals surface area contributed by atoms with Crippen LogP contribution in [0.2, 0.25) is 5.15 Å². The molecule has 1 amide bonds. The Balaban J connectivity index is 1.61. The second-order valence-electron chi connectivity index (χ2n) is 5.57. The molecule has 0 N–H and O–H groups in total. The Morgan fingerprint density at radius 2 is 1.92 bits per heavy atom. The van der Waals surface area contributed by atoms with Crippen molar-refractivity contribution in [3.8, 4) is 5.75 Å². The first-order valence-corrected chi connectivity index (χ1v) is 8.11. The number of likely N-dealkylation sites (N-methyl/N-ethyl adjacent to an activating group) is 1. The highest BCUT2D eigenvalue weighted by Gasteiger charge is 2.12. The second kappa shape index (κ2) is 7.49. The maximum Gasteiger partial charge on any atom is 0.253 e. The Morgan fingerprint density at radius 1 is 1.16 bits per heavy atom. The molecule has 0 aliphatic heterocycles. The number of hydrogen-bond donors (Lipinski definition) is 0. The van der Waals surface area contributed by atoms with Gasteiger partial charge in [0.05, 0.1) is 12.1 Å². The average Bonchev–Trinajstić information content (AvgIpc) is 2.62. The van der Waals surface area contributed by atoms with Crippen molar-refractivity contribution in [2.24, 2.45) is 0 Å². The molecule has 0 spiro atoms. The highest BCUT2D eigenvalue weighted by atomic mass is 35.5. The van der Waals surface area contributed by atoms with Crippen molar-refractivity contribution in [1.29, 1.82) is 0 Å². The van der Waals surface area contributed by atoms with E-state index in [0.29, 0.717) is 29.6 Å². The first-order valence-electron chi connectivity index (χ1n) is 7.73. The van der Waals surface area contributed by atoms with E-state index in [1.807, 2.05) is 6.07 Å². The second-order valence-corrected chi connectivity index (χ2v) is 5.96. The molecular weight excluding hydrogens is 343 g/mol. The minimum absolute atomic E-state index is 0.112. The van der Waals surface area contributed by atoms with E-state index in [0.717, 1.165) is 10.9 Å². The molecule has 0 unspecified atom stereocenters. The number of fused-ring (bicyclic) bond motifs is 1. The molecule has 0 aliphatic rings. The SMILES string of the molecule is CN(CCOc1ccc(F)cc1)C(=O)c1ccc2nc(Cl)ccc2c1. The molecular formula is C19H16ClFN2O2. The summed E-state index contributed by atoms with van der Waals surface area (Å²) in [6.07, 6.45) is 0. The summed E-state index contributed by atoms with van der Waals surface area (Å²) < 4.78 is 18.4. The van der Waals surface area contributed by atoms with Crippen LogP contribution in [0, 0.1) is 5.82 Å². The van der Waals surface area contributed by atoms with Crippen molar-refractivity contribution in [2.45, 2.75) is 0 Å². The van der Waals surface area contributed by atoms with E-state index in [4.69, 9.17) is 16.3 Å². The van der Waals surface area contributed by atoms with Crippen molar-refractivity contribution in [2.75, 3.05) is 20.2 Å². The van der Waals surface area contributed by atoms with Gasteiger partial charge in [-0.1, -0.05) is 11.6 Å². The van der Waals surface area contributed by atoms with Gasteiger partial charge in [0.2, 0.25) is 0 Å². The molecule has 6 heteroatoms. The van der Waals surface area contributed by atoms with Crippen molar-refractivity contribution >= 4 is 28.4 Å². The Kier molecular flexibility index (Phi) is 5.14. The Morgan fingerprint density at radius 3 is 2.68 bits per heavy atom. The predicted octanol–water partition coefficient (Wildman–Crippen LogP) is 4.18. The summed E-state index contributed by atoms with van der Waals surface area (Å²) in [5.41, 5.74) is 1.31. The van der Waals surface area contributed by atoms with Gasteiger partial charge >= 0.3 is 0 Å². The lowest BCUT2D eigenvalue weighted by Crippen LogP contribution is -2.30. The fourth-order valence-electron chi connectivity index (χ4n) is 2.39. The van der Waals surface area contributed by atoms with E-state index in [2.05, 4.69) is 4.98 Å². The molecule has 25 heavy (non-hydrogen) atoms. The molecule has 0 fully saturated rings. The molecule has 1 aromatic heterocycles. The van der Waals surface area contributed by atoms with Gasteiger partial charge in [-0.2, -0.15) is 0 Å². The molecule has 3 aromatic rings. The third kappa shape index (κ3) is 4.25. The molecule has 0 bridgehead atoms. The number of pyridine rings is 1. The lowest BCUT2D eigenvalue weighted by atomic mass is 10.1. The Hall–Kier alpha value is -2.66. The first kappa shape index (κ1) is 17.2. The largest absolute Gasteiger partial charge is 0.492 e. The number of aromatic nitrogens is 1. The van der Waals surface area contributed by atoms with Crippen LogP contribution < -0.4 is 4.74 Å². The standard InChI is InChI=1S/C19H16ClFN2O2/c1-23(10-11-25-16-6-4-15(21)5-7-16)19(24)14-2-8-17-13(12-14)3-9-18(20)22-17/h2-9,12H,10-11H2,1H3. The van der Waals surface area contributed by atoms with Crippen LogP contribution in [0.15, 0.2) is 54.6 Å². The molecule has 0 aliphatic carbocycles. The molecule has 128 valence electrons. The summed E-state index contributed by atoms with van der Waals surface area (Å²) in [7, 11) is 1.71. The van der Waals surface area contributed by atoms with Gasteiger partial charge in [0.25, 0.3) is 5.91 Å². The number of ether oxygens (including phenoxy) is 1. The topological polar surface area (TPSA) is 42.4 Å². The first-order chi connectivity index (χ1) is 12.0. The quantitative estimate of drug-likeness (QED) is 0.643. The van der Waals surface area contributed by atoms with Crippen LogP contribution in [0.4, 0.5) is 4.39 Å². The summed E-state index contributed by atoms with van der Waals surface area (Å²) in [5.74, 6) is 0.141. The number of carbonyl (C=O) groups excluding carboxylic acids is 1. The third-order valence-corrected chi connectivity index (χ3v) is 3.97. The lowest BCUT2D eigenvalue weighted by Gasteiger charge is -2.18. The highest BCUT2D eigenvalue weighted by Crippen LogP contribution is 2.18. The fourth-order valence-corrected chi connectivity index (χ4v) is 2.54. The van der Waals surface area contributed by atoms with Crippen molar-refractivity contribution in [3.05, 3.63) is 71.1 Å². The van der Waals surface area contributed by atoms with Crippen LogP contribution in [-0.4, -0.2) is 36.0 Å². The average molecular weight is 359 g/mol. The predicted molar refractivity (Wildman–Crippen MR) is 95.6 cm³/mol. The van der Waals surface area contributed by atoms with E-state index >= 15 is 0 Å². The van der Waals surface area contributed by atoms with Crippen LogP contribution in [0.25, 0.3) is 10.9 Å². The van der Waals surface area contributed by atoms with Crippen LogP contribution in [-0.2, 0) is 0 Å². The van der Waals surface area contributed by atoms with Gasteiger partial charge in [0.1, 0.15) is 23.3 Å². The number of nitrogens with zero attached hydrogens (tertiary/aromatic N) is 2. The summed E-state index contributed by atoms with van der Waals surface area (Å²) in [5, 5.41) is 1.27. The van der Waals surface area contributed by atoms with E-state index in [9.17, 15) is 9.18 Å². The van der Waals surface area contributed by atoms with Gasteiger partial charge in [-0.25, -0.2) is 9.37 Å². The molecule has 0 radical (unpaired) electrons. The summed E-state index contributed by atoms with van der Waals surface area (Å²) in [6, 6.07) is 14.6. The van der Waals surface area contributed by atoms with Crippen molar-refractivity contribution in [3.63, 3.8) is 0 Å². The molecule has 0 atom stereocenters. The normalized spacial score (nSPS) is 10.7. The van der Waals surface area contributed by atoms with Crippen molar-refractivity contribution in [1.82, 2.24) is 9.88 Å². The number of amides is 1. The minimum Gasteiger partial charge on any atom is -0.492 e. The number of rotatable bonds is 5. The number of hydrogen-bond acceptors (Lipinski definition) is 3.